The largest absolute Gasteiger partial charge is 0.497 e. The van der Waals surface area contributed by atoms with Gasteiger partial charge in [-0.2, -0.15) is 0 Å². The summed E-state index contributed by atoms with van der Waals surface area (Å²) >= 11 is 2.43. The highest BCUT2D eigenvalue weighted by molar-refractivity contribution is 14.1. The van der Waals surface area contributed by atoms with Crippen LogP contribution in [-0.4, -0.2) is 20.3 Å². The van der Waals surface area contributed by atoms with E-state index in [1.165, 1.54) is 11.1 Å². The fourth-order valence-electron chi connectivity index (χ4n) is 2.86. The highest BCUT2D eigenvalue weighted by atomic mass is 127. The summed E-state index contributed by atoms with van der Waals surface area (Å²) in [5.74, 6) is 2.57. The fraction of sp³-hybridized carbons (Fsp3) is 0.250. The van der Waals surface area contributed by atoms with Gasteiger partial charge in [0.2, 0.25) is 0 Å². The molecule has 0 aromatic heterocycles. The summed E-state index contributed by atoms with van der Waals surface area (Å²) in [5.41, 5.74) is 2.37. The van der Waals surface area contributed by atoms with Crippen molar-refractivity contribution in [2.24, 2.45) is 0 Å². The molecular weight excluding hydrogens is 477 g/mol. The van der Waals surface area contributed by atoms with Crippen molar-refractivity contribution in [2.75, 3.05) is 20.3 Å². The Morgan fingerprint density at radius 1 is 0.793 bits per heavy atom. The number of methoxy groups -OCH3 is 1. The molecule has 0 aliphatic rings. The number of halogens is 1. The molecule has 0 radical (unpaired) electrons. The molecule has 5 heteroatoms. The molecule has 0 spiro atoms. The quantitative estimate of drug-likeness (QED) is 0.171. The van der Waals surface area contributed by atoms with Gasteiger partial charge in [-0.1, -0.05) is 65.1 Å². The fourth-order valence-corrected chi connectivity index (χ4v) is 3.41. The van der Waals surface area contributed by atoms with Crippen molar-refractivity contribution in [1.82, 2.24) is 5.32 Å². The maximum Gasteiger partial charge on any atom is 0.122 e. The van der Waals surface area contributed by atoms with Crippen LogP contribution in [0.15, 0.2) is 78.9 Å². The molecule has 3 rings (SSSR count). The van der Waals surface area contributed by atoms with Gasteiger partial charge in [-0.25, -0.2) is 0 Å². The SMILES string of the molecule is COc1ccc([C@@](C)(I)NCc2cccc(OCCOc3ccccc3)c2)cc1. The Kier molecular flexibility index (Phi) is 7.77. The molecule has 0 bridgehead atoms. The minimum absolute atomic E-state index is 0.190. The van der Waals surface area contributed by atoms with Gasteiger partial charge in [-0.3, -0.25) is 5.32 Å². The maximum absolute atomic E-state index is 5.84. The molecule has 0 heterocycles. The molecule has 0 saturated heterocycles. The number of benzene rings is 3. The lowest BCUT2D eigenvalue weighted by molar-refractivity contribution is 0.217. The van der Waals surface area contributed by atoms with E-state index in [4.69, 9.17) is 14.2 Å². The minimum atomic E-state index is -0.190. The van der Waals surface area contributed by atoms with E-state index >= 15 is 0 Å². The van der Waals surface area contributed by atoms with E-state index in [9.17, 15) is 0 Å². The number of nitrogens with one attached hydrogen (secondary N) is 1. The predicted octanol–water partition coefficient (Wildman–Crippen LogP) is 5.55. The molecule has 3 aromatic carbocycles. The smallest absolute Gasteiger partial charge is 0.122 e. The number of alkyl halides is 1. The average Bonchev–Trinajstić information content (AvgIpc) is 2.76. The van der Waals surface area contributed by atoms with Gasteiger partial charge in [0.15, 0.2) is 0 Å². The van der Waals surface area contributed by atoms with Crippen molar-refractivity contribution in [3.05, 3.63) is 90.0 Å². The zero-order valence-corrected chi connectivity index (χ0v) is 18.9. The van der Waals surface area contributed by atoms with Crippen LogP contribution in [0.1, 0.15) is 18.1 Å². The van der Waals surface area contributed by atoms with Crippen molar-refractivity contribution >= 4 is 22.6 Å². The van der Waals surface area contributed by atoms with Crippen LogP contribution in [0.5, 0.6) is 17.2 Å². The van der Waals surface area contributed by atoms with E-state index in [-0.39, 0.29) is 3.55 Å². The summed E-state index contributed by atoms with van der Waals surface area (Å²) in [4.78, 5) is 0. The number of hydrogen-bond donors (Lipinski definition) is 1. The molecule has 0 aliphatic heterocycles. The van der Waals surface area contributed by atoms with E-state index in [1.54, 1.807) is 7.11 Å². The van der Waals surface area contributed by atoms with E-state index < -0.39 is 0 Å². The zero-order chi connectivity index (χ0) is 20.5. The molecule has 0 saturated carbocycles. The van der Waals surface area contributed by atoms with Crippen LogP contribution in [-0.2, 0) is 10.1 Å². The Bertz CT molecular complexity index is 882. The van der Waals surface area contributed by atoms with Crippen LogP contribution in [0.4, 0.5) is 0 Å². The van der Waals surface area contributed by atoms with Gasteiger partial charge < -0.3 is 14.2 Å². The van der Waals surface area contributed by atoms with Gasteiger partial charge >= 0.3 is 0 Å². The minimum Gasteiger partial charge on any atom is -0.497 e. The third-order valence-electron chi connectivity index (χ3n) is 4.52. The molecular formula is C24H26INO3. The van der Waals surface area contributed by atoms with Crippen LogP contribution in [0, 0.1) is 0 Å². The van der Waals surface area contributed by atoms with Gasteiger partial charge in [-0.05, 0) is 54.4 Å². The van der Waals surface area contributed by atoms with E-state index in [0.717, 1.165) is 23.8 Å². The van der Waals surface area contributed by atoms with Crippen molar-refractivity contribution in [3.63, 3.8) is 0 Å². The highest BCUT2D eigenvalue weighted by Crippen LogP contribution is 2.30. The first-order valence-electron chi connectivity index (χ1n) is 9.55. The van der Waals surface area contributed by atoms with Crippen LogP contribution < -0.4 is 19.5 Å². The lowest BCUT2D eigenvalue weighted by Gasteiger charge is -2.25. The standard InChI is InChI=1S/C24H26INO3/c1-24(25,20-11-13-21(27-2)14-12-20)26-18-19-7-6-10-23(17-19)29-16-15-28-22-8-4-3-5-9-22/h3-14,17,26H,15-16,18H2,1-2H3/t24-/m0/s1. The number of hydrogen-bond acceptors (Lipinski definition) is 4. The van der Waals surface area contributed by atoms with Gasteiger partial charge in [0.25, 0.3) is 0 Å². The molecule has 0 fully saturated rings. The summed E-state index contributed by atoms with van der Waals surface area (Å²) in [6.45, 7) is 3.91. The monoisotopic (exact) mass is 503 g/mol. The topological polar surface area (TPSA) is 39.7 Å². The molecule has 1 atom stereocenters. The Balaban J connectivity index is 1.49. The third kappa shape index (κ3) is 6.65. The van der Waals surface area contributed by atoms with Gasteiger partial charge in [0.05, 0.1) is 10.7 Å². The number of para-hydroxylation sites is 1. The summed E-state index contributed by atoms with van der Waals surface area (Å²) in [7, 11) is 1.68. The molecule has 0 amide bonds. The van der Waals surface area contributed by atoms with Gasteiger partial charge in [0, 0.05) is 6.54 Å². The second-order valence-electron chi connectivity index (χ2n) is 6.74. The third-order valence-corrected chi connectivity index (χ3v) is 5.52. The lowest BCUT2D eigenvalue weighted by Crippen LogP contribution is -2.32. The normalized spacial score (nSPS) is 12.8. The van der Waals surface area contributed by atoms with E-state index in [0.29, 0.717) is 13.2 Å². The van der Waals surface area contributed by atoms with Crippen molar-refractivity contribution in [3.8, 4) is 17.2 Å². The summed E-state index contributed by atoms with van der Waals surface area (Å²) in [6, 6.07) is 26.1. The summed E-state index contributed by atoms with van der Waals surface area (Å²) in [6.07, 6.45) is 0. The van der Waals surface area contributed by atoms with Crippen LogP contribution in [0.25, 0.3) is 0 Å². The summed E-state index contributed by atoms with van der Waals surface area (Å²) < 4.78 is 16.6. The Morgan fingerprint density at radius 2 is 1.45 bits per heavy atom. The predicted molar refractivity (Wildman–Crippen MR) is 125 cm³/mol. The first kappa shape index (κ1) is 21.5. The first-order valence-corrected chi connectivity index (χ1v) is 10.6. The molecule has 152 valence electrons. The van der Waals surface area contributed by atoms with Crippen molar-refractivity contribution in [2.45, 2.75) is 17.0 Å². The molecule has 29 heavy (non-hydrogen) atoms. The van der Waals surface area contributed by atoms with Gasteiger partial charge in [-0.15, -0.1) is 0 Å². The number of rotatable bonds is 10. The lowest BCUT2D eigenvalue weighted by atomic mass is 10.1. The molecule has 0 unspecified atom stereocenters. The van der Waals surface area contributed by atoms with Crippen LogP contribution in [0.3, 0.4) is 0 Å². The van der Waals surface area contributed by atoms with E-state index in [1.807, 2.05) is 54.6 Å². The molecule has 3 aromatic rings. The van der Waals surface area contributed by atoms with E-state index in [2.05, 4.69) is 59.1 Å². The molecule has 4 nitrogen and oxygen atoms in total. The second kappa shape index (κ2) is 10.5. The second-order valence-corrected chi connectivity index (χ2v) is 8.90. The van der Waals surface area contributed by atoms with Crippen LogP contribution in [0.2, 0.25) is 0 Å². The Morgan fingerprint density at radius 3 is 2.14 bits per heavy atom. The average molecular weight is 503 g/mol. The first-order chi connectivity index (χ1) is 14.1. The zero-order valence-electron chi connectivity index (χ0n) is 16.7. The summed E-state index contributed by atoms with van der Waals surface area (Å²) in [5, 5.41) is 3.61. The highest BCUT2D eigenvalue weighted by Gasteiger charge is 2.21. The molecule has 0 aliphatic carbocycles. The number of ether oxygens (including phenoxy) is 3. The van der Waals surface area contributed by atoms with Crippen LogP contribution >= 0.6 is 22.6 Å². The van der Waals surface area contributed by atoms with Crippen molar-refractivity contribution in [1.29, 1.82) is 0 Å². The Labute approximate surface area is 186 Å². The van der Waals surface area contributed by atoms with Gasteiger partial charge in [0.1, 0.15) is 30.5 Å². The van der Waals surface area contributed by atoms with Crippen molar-refractivity contribution < 1.29 is 14.2 Å². The Hall–Kier alpha value is -2.25. The maximum atomic E-state index is 5.84. The molecule has 1 N–H and O–H groups in total.